The molecule has 0 bridgehead atoms. The average molecular weight is 247 g/mol. The van der Waals surface area contributed by atoms with Gasteiger partial charge in [-0.05, 0) is 24.8 Å². The van der Waals surface area contributed by atoms with E-state index in [-0.39, 0.29) is 12.5 Å². The normalized spacial score (nSPS) is 16.7. The summed E-state index contributed by atoms with van der Waals surface area (Å²) >= 11 is 0. The minimum atomic E-state index is -1.00. The average Bonchev–Trinajstić information content (AvgIpc) is 2.32. The first-order valence-electron chi connectivity index (χ1n) is 6.16. The van der Waals surface area contributed by atoms with Crippen molar-refractivity contribution in [1.82, 2.24) is 5.32 Å². The van der Waals surface area contributed by atoms with Crippen LogP contribution in [0.3, 0.4) is 0 Å². The second-order valence-electron chi connectivity index (χ2n) is 4.87. The van der Waals surface area contributed by atoms with Gasteiger partial charge in [0, 0.05) is 0 Å². The SMILES string of the molecule is O=C(O)CNC(=O)C1(Cc2ccccc2)CCC1. The number of carbonyl (C=O) groups excluding carboxylic acids is 1. The van der Waals surface area contributed by atoms with Gasteiger partial charge in [0.25, 0.3) is 0 Å². The Morgan fingerprint density at radius 1 is 1.22 bits per heavy atom. The van der Waals surface area contributed by atoms with Crippen LogP contribution in [0.5, 0.6) is 0 Å². The van der Waals surface area contributed by atoms with Gasteiger partial charge in [-0.25, -0.2) is 0 Å². The highest BCUT2D eigenvalue weighted by atomic mass is 16.4. The van der Waals surface area contributed by atoms with Crippen LogP contribution < -0.4 is 5.32 Å². The first kappa shape index (κ1) is 12.6. The molecule has 0 heterocycles. The van der Waals surface area contributed by atoms with E-state index in [9.17, 15) is 9.59 Å². The summed E-state index contributed by atoms with van der Waals surface area (Å²) in [5.74, 6) is -1.13. The molecule has 96 valence electrons. The van der Waals surface area contributed by atoms with Crippen LogP contribution in [0.15, 0.2) is 30.3 Å². The van der Waals surface area contributed by atoms with Gasteiger partial charge in [0.05, 0.1) is 5.41 Å². The van der Waals surface area contributed by atoms with Crippen molar-refractivity contribution in [2.75, 3.05) is 6.54 Å². The summed E-state index contributed by atoms with van der Waals surface area (Å²) in [5.41, 5.74) is 0.735. The van der Waals surface area contributed by atoms with Crippen molar-refractivity contribution in [1.29, 1.82) is 0 Å². The number of aliphatic carboxylic acids is 1. The summed E-state index contributed by atoms with van der Waals surface area (Å²) in [7, 11) is 0. The van der Waals surface area contributed by atoms with Crippen LogP contribution in [-0.4, -0.2) is 23.5 Å². The summed E-state index contributed by atoms with van der Waals surface area (Å²) in [6.07, 6.45) is 3.41. The molecule has 2 rings (SSSR count). The lowest BCUT2D eigenvalue weighted by molar-refractivity contribution is -0.142. The molecule has 0 atom stereocenters. The third-order valence-corrected chi connectivity index (χ3v) is 3.58. The first-order chi connectivity index (χ1) is 8.62. The molecule has 1 fully saturated rings. The zero-order valence-corrected chi connectivity index (χ0v) is 10.2. The Bertz CT molecular complexity index is 438. The van der Waals surface area contributed by atoms with E-state index in [0.717, 1.165) is 24.8 Å². The highest BCUT2D eigenvalue weighted by Crippen LogP contribution is 2.43. The monoisotopic (exact) mass is 247 g/mol. The lowest BCUT2D eigenvalue weighted by Crippen LogP contribution is -2.48. The molecule has 0 spiro atoms. The van der Waals surface area contributed by atoms with E-state index in [1.807, 2.05) is 30.3 Å². The fourth-order valence-electron chi connectivity index (χ4n) is 2.42. The first-order valence-corrected chi connectivity index (χ1v) is 6.16. The van der Waals surface area contributed by atoms with Crippen molar-refractivity contribution in [2.45, 2.75) is 25.7 Å². The molecule has 0 aliphatic heterocycles. The van der Waals surface area contributed by atoms with Crippen LogP contribution in [0.1, 0.15) is 24.8 Å². The van der Waals surface area contributed by atoms with Crippen LogP contribution >= 0.6 is 0 Å². The summed E-state index contributed by atoms with van der Waals surface area (Å²) in [5, 5.41) is 11.1. The maximum absolute atomic E-state index is 12.1. The van der Waals surface area contributed by atoms with Crippen molar-refractivity contribution < 1.29 is 14.7 Å². The molecule has 1 aliphatic rings. The minimum Gasteiger partial charge on any atom is -0.480 e. The van der Waals surface area contributed by atoms with Crippen LogP contribution in [0, 0.1) is 5.41 Å². The number of rotatable bonds is 5. The van der Waals surface area contributed by atoms with Gasteiger partial charge in [-0.3, -0.25) is 9.59 Å². The summed E-state index contributed by atoms with van der Waals surface area (Å²) in [6, 6.07) is 9.87. The van der Waals surface area contributed by atoms with E-state index in [0.29, 0.717) is 6.42 Å². The Kier molecular flexibility index (Phi) is 3.65. The van der Waals surface area contributed by atoms with Gasteiger partial charge in [0.2, 0.25) is 5.91 Å². The smallest absolute Gasteiger partial charge is 0.322 e. The molecular formula is C14H17NO3. The summed E-state index contributed by atoms with van der Waals surface area (Å²) in [4.78, 5) is 22.6. The fraction of sp³-hybridized carbons (Fsp3) is 0.429. The Labute approximate surface area is 106 Å². The van der Waals surface area contributed by atoms with E-state index < -0.39 is 11.4 Å². The van der Waals surface area contributed by atoms with E-state index in [1.165, 1.54) is 0 Å². The second-order valence-corrected chi connectivity index (χ2v) is 4.87. The van der Waals surface area contributed by atoms with Gasteiger partial charge in [-0.2, -0.15) is 0 Å². The van der Waals surface area contributed by atoms with Crippen molar-refractivity contribution in [3.05, 3.63) is 35.9 Å². The number of carboxylic acids is 1. The zero-order chi connectivity index (χ0) is 13.0. The molecule has 18 heavy (non-hydrogen) atoms. The van der Waals surface area contributed by atoms with E-state index in [4.69, 9.17) is 5.11 Å². The third-order valence-electron chi connectivity index (χ3n) is 3.58. The van der Waals surface area contributed by atoms with Crippen molar-refractivity contribution >= 4 is 11.9 Å². The second kappa shape index (κ2) is 5.21. The number of carbonyl (C=O) groups is 2. The Balaban J connectivity index is 2.02. The maximum atomic E-state index is 12.1. The van der Waals surface area contributed by atoms with E-state index in [2.05, 4.69) is 5.32 Å². The quantitative estimate of drug-likeness (QED) is 0.830. The molecule has 0 unspecified atom stereocenters. The molecule has 1 aromatic carbocycles. The topological polar surface area (TPSA) is 66.4 Å². The van der Waals surface area contributed by atoms with Crippen LogP contribution in [0.4, 0.5) is 0 Å². The molecule has 1 amide bonds. The highest BCUT2D eigenvalue weighted by Gasteiger charge is 2.43. The van der Waals surface area contributed by atoms with Gasteiger partial charge in [0.1, 0.15) is 6.54 Å². The van der Waals surface area contributed by atoms with Gasteiger partial charge in [-0.1, -0.05) is 36.8 Å². The number of amides is 1. The van der Waals surface area contributed by atoms with E-state index >= 15 is 0 Å². The summed E-state index contributed by atoms with van der Waals surface area (Å²) in [6.45, 7) is -0.296. The highest BCUT2D eigenvalue weighted by molar-refractivity contribution is 5.86. The standard InChI is InChI=1S/C14H17NO3/c16-12(17)10-15-13(18)14(7-4-8-14)9-11-5-2-1-3-6-11/h1-3,5-6H,4,7-10H2,(H,15,18)(H,16,17). The Morgan fingerprint density at radius 2 is 1.89 bits per heavy atom. The molecule has 0 saturated heterocycles. The van der Waals surface area contributed by atoms with Crippen molar-refractivity contribution in [3.8, 4) is 0 Å². The third kappa shape index (κ3) is 2.70. The van der Waals surface area contributed by atoms with Gasteiger partial charge in [0.15, 0.2) is 0 Å². The predicted molar refractivity (Wildman–Crippen MR) is 67.1 cm³/mol. The van der Waals surface area contributed by atoms with Gasteiger partial charge >= 0.3 is 5.97 Å². The fourth-order valence-corrected chi connectivity index (χ4v) is 2.42. The predicted octanol–water partition coefficient (Wildman–Crippen LogP) is 1.60. The molecule has 4 heteroatoms. The minimum absolute atomic E-state index is 0.125. The van der Waals surface area contributed by atoms with Crippen molar-refractivity contribution in [2.24, 2.45) is 5.41 Å². The maximum Gasteiger partial charge on any atom is 0.322 e. The molecule has 0 aromatic heterocycles. The molecule has 4 nitrogen and oxygen atoms in total. The number of benzene rings is 1. The van der Waals surface area contributed by atoms with Crippen LogP contribution in [0.25, 0.3) is 0 Å². The lowest BCUT2D eigenvalue weighted by atomic mass is 9.64. The largest absolute Gasteiger partial charge is 0.480 e. The Hall–Kier alpha value is -1.84. The van der Waals surface area contributed by atoms with E-state index in [1.54, 1.807) is 0 Å². The molecule has 0 radical (unpaired) electrons. The molecule has 1 aliphatic carbocycles. The number of nitrogens with one attached hydrogen (secondary N) is 1. The van der Waals surface area contributed by atoms with Gasteiger partial charge in [-0.15, -0.1) is 0 Å². The molecule has 2 N–H and O–H groups in total. The van der Waals surface area contributed by atoms with Gasteiger partial charge < -0.3 is 10.4 Å². The Morgan fingerprint density at radius 3 is 2.39 bits per heavy atom. The number of hydrogen-bond donors (Lipinski definition) is 2. The van der Waals surface area contributed by atoms with Crippen LogP contribution in [-0.2, 0) is 16.0 Å². The number of carboxylic acid groups (broad SMARTS) is 1. The lowest BCUT2D eigenvalue weighted by Gasteiger charge is -2.40. The van der Waals surface area contributed by atoms with Crippen molar-refractivity contribution in [3.63, 3.8) is 0 Å². The summed E-state index contributed by atoms with van der Waals surface area (Å²) < 4.78 is 0. The zero-order valence-electron chi connectivity index (χ0n) is 10.2. The molecular weight excluding hydrogens is 230 g/mol. The molecule has 1 saturated carbocycles. The van der Waals surface area contributed by atoms with Crippen LogP contribution in [0.2, 0.25) is 0 Å². The molecule has 1 aromatic rings. The number of hydrogen-bond acceptors (Lipinski definition) is 2.